The molecule has 1 aromatic heterocycles. The molecule has 3 aromatic rings. The van der Waals surface area contributed by atoms with Crippen molar-refractivity contribution in [3.05, 3.63) is 71.4 Å². The Morgan fingerprint density at radius 2 is 2.00 bits per heavy atom. The van der Waals surface area contributed by atoms with E-state index in [0.717, 1.165) is 17.5 Å². The quantitative estimate of drug-likeness (QED) is 0.642. The van der Waals surface area contributed by atoms with E-state index in [9.17, 15) is 4.79 Å². The van der Waals surface area contributed by atoms with Gasteiger partial charge in [-0.3, -0.25) is 4.79 Å². The number of H-pyrrole nitrogens is 1. The molecule has 154 valence electrons. The fraction of sp³-hybridized carbons (Fsp3) is 0.240. The Kier molecular flexibility index (Phi) is 5.61. The fourth-order valence-corrected chi connectivity index (χ4v) is 4.04. The number of fused-ring (bicyclic) bond motifs is 1. The molecule has 0 saturated carbocycles. The molecule has 0 spiro atoms. The third-order valence-electron chi connectivity index (χ3n) is 5.53. The highest BCUT2D eigenvalue weighted by molar-refractivity contribution is 5.97. The van der Waals surface area contributed by atoms with Gasteiger partial charge in [-0.2, -0.15) is 0 Å². The summed E-state index contributed by atoms with van der Waals surface area (Å²) in [4.78, 5) is 18.4. The van der Waals surface area contributed by atoms with Gasteiger partial charge in [-0.15, -0.1) is 0 Å². The first-order chi connectivity index (χ1) is 14.7. The number of nitrogens with one attached hydrogen (secondary N) is 1. The van der Waals surface area contributed by atoms with Crippen molar-refractivity contribution in [2.45, 2.75) is 13.3 Å². The number of amides is 1. The van der Waals surface area contributed by atoms with Crippen molar-refractivity contribution in [3.63, 3.8) is 0 Å². The Morgan fingerprint density at radius 1 is 1.17 bits per heavy atom. The summed E-state index contributed by atoms with van der Waals surface area (Å²) in [5.41, 5.74) is 5.06. The van der Waals surface area contributed by atoms with Crippen LogP contribution in [0.25, 0.3) is 22.6 Å². The number of para-hydroxylation sites is 1. The molecule has 0 radical (unpaired) electrons. The Labute approximate surface area is 176 Å². The minimum atomic E-state index is -0.00377. The predicted octanol–water partition coefficient (Wildman–Crippen LogP) is 5.15. The standard InChI is InChI=1S/C25H26N2O3/c1-4-7-18-14-19(15-23(29-2)24(18)30-3)25(28)27-12-10-17(11-13-27)21-16-26-22-9-6-5-8-20(21)22/h4-10,14-16,26H,11-13H2,1-3H3. The van der Waals surface area contributed by atoms with Crippen molar-refractivity contribution in [3.8, 4) is 11.5 Å². The number of ether oxygens (including phenoxy) is 2. The second-order valence-electron chi connectivity index (χ2n) is 7.28. The Morgan fingerprint density at radius 3 is 2.70 bits per heavy atom. The van der Waals surface area contributed by atoms with Crippen LogP contribution in [-0.2, 0) is 0 Å². The van der Waals surface area contributed by atoms with Crippen molar-refractivity contribution in [2.24, 2.45) is 0 Å². The highest BCUT2D eigenvalue weighted by atomic mass is 16.5. The van der Waals surface area contributed by atoms with Gasteiger partial charge < -0.3 is 19.4 Å². The first-order valence-corrected chi connectivity index (χ1v) is 10.1. The van der Waals surface area contributed by atoms with Crippen LogP contribution in [0.3, 0.4) is 0 Å². The van der Waals surface area contributed by atoms with Crippen molar-refractivity contribution < 1.29 is 14.3 Å². The maximum atomic E-state index is 13.2. The molecule has 1 aliphatic heterocycles. The van der Waals surface area contributed by atoms with E-state index in [2.05, 4.69) is 35.5 Å². The summed E-state index contributed by atoms with van der Waals surface area (Å²) >= 11 is 0. The normalized spacial score (nSPS) is 14.2. The molecule has 0 fully saturated rings. The van der Waals surface area contributed by atoms with E-state index in [1.54, 1.807) is 20.3 Å². The summed E-state index contributed by atoms with van der Waals surface area (Å²) in [6.07, 6.45) is 8.88. The molecule has 0 bridgehead atoms. The molecule has 2 aromatic carbocycles. The zero-order chi connectivity index (χ0) is 21.1. The topological polar surface area (TPSA) is 54.6 Å². The highest BCUT2D eigenvalue weighted by Gasteiger charge is 2.23. The monoisotopic (exact) mass is 402 g/mol. The summed E-state index contributed by atoms with van der Waals surface area (Å²) in [7, 11) is 3.19. The number of methoxy groups -OCH3 is 2. The van der Waals surface area contributed by atoms with Gasteiger partial charge in [0, 0.05) is 46.9 Å². The van der Waals surface area contributed by atoms with Crippen LogP contribution in [0, 0.1) is 0 Å². The summed E-state index contributed by atoms with van der Waals surface area (Å²) in [5, 5.41) is 1.22. The molecule has 5 heteroatoms. The van der Waals surface area contributed by atoms with Gasteiger partial charge >= 0.3 is 0 Å². The number of allylic oxidation sites excluding steroid dienone is 1. The molecule has 1 aliphatic rings. The van der Waals surface area contributed by atoms with Crippen LogP contribution in [0.1, 0.15) is 34.8 Å². The molecule has 0 atom stereocenters. The molecular weight excluding hydrogens is 376 g/mol. The van der Waals surface area contributed by atoms with E-state index in [1.165, 1.54) is 16.5 Å². The summed E-state index contributed by atoms with van der Waals surface area (Å²) in [5.74, 6) is 1.19. The van der Waals surface area contributed by atoms with Crippen LogP contribution in [0.5, 0.6) is 11.5 Å². The molecule has 2 heterocycles. The number of benzene rings is 2. The molecule has 30 heavy (non-hydrogen) atoms. The third kappa shape index (κ3) is 3.59. The lowest BCUT2D eigenvalue weighted by atomic mass is 9.98. The van der Waals surface area contributed by atoms with Crippen LogP contribution < -0.4 is 9.47 Å². The first kappa shape index (κ1) is 19.8. The van der Waals surface area contributed by atoms with Gasteiger partial charge in [-0.05, 0) is 37.1 Å². The van der Waals surface area contributed by atoms with Gasteiger partial charge in [0.15, 0.2) is 11.5 Å². The number of hydrogen-bond acceptors (Lipinski definition) is 3. The van der Waals surface area contributed by atoms with Crippen molar-refractivity contribution in [1.82, 2.24) is 9.88 Å². The van der Waals surface area contributed by atoms with E-state index >= 15 is 0 Å². The van der Waals surface area contributed by atoms with Crippen molar-refractivity contribution >= 4 is 28.5 Å². The van der Waals surface area contributed by atoms with Crippen LogP contribution >= 0.6 is 0 Å². The molecule has 1 N–H and O–H groups in total. The van der Waals surface area contributed by atoms with Gasteiger partial charge in [0.2, 0.25) is 0 Å². The number of hydrogen-bond donors (Lipinski definition) is 1. The molecule has 0 aliphatic carbocycles. The lowest BCUT2D eigenvalue weighted by Crippen LogP contribution is -2.34. The smallest absolute Gasteiger partial charge is 0.254 e. The predicted molar refractivity (Wildman–Crippen MR) is 121 cm³/mol. The van der Waals surface area contributed by atoms with Gasteiger partial charge in [0.05, 0.1) is 14.2 Å². The summed E-state index contributed by atoms with van der Waals surface area (Å²) in [6.45, 7) is 3.19. The van der Waals surface area contributed by atoms with Gasteiger partial charge in [0.1, 0.15) is 0 Å². The van der Waals surface area contributed by atoms with E-state index in [0.29, 0.717) is 30.2 Å². The van der Waals surface area contributed by atoms with E-state index in [1.807, 2.05) is 36.1 Å². The fourth-order valence-electron chi connectivity index (χ4n) is 4.04. The Bertz CT molecular complexity index is 1140. The number of nitrogens with zero attached hydrogens (tertiary/aromatic N) is 1. The molecule has 5 nitrogen and oxygen atoms in total. The van der Waals surface area contributed by atoms with Crippen molar-refractivity contribution in [1.29, 1.82) is 0 Å². The van der Waals surface area contributed by atoms with Crippen LogP contribution in [-0.4, -0.2) is 43.1 Å². The molecule has 4 rings (SSSR count). The average Bonchev–Trinajstić information content (AvgIpc) is 3.22. The number of aromatic nitrogens is 1. The average molecular weight is 402 g/mol. The number of carbonyl (C=O) groups is 1. The SMILES string of the molecule is CC=Cc1cc(C(=O)N2CC=C(c3c[nH]c4ccccc34)CC2)cc(OC)c1OC. The minimum Gasteiger partial charge on any atom is -0.493 e. The molecule has 0 saturated heterocycles. The van der Waals surface area contributed by atoms with E-state index in [4.69, 9.17) is 9.47 Å². The lowest BCUT2D eigenvalue weighted by molar-refractivity contribution is 0.0772. The maximum absolute atomic E-state index is 13.2. The minimum absolute atomic E-state index is 0.00377. The van der Waals surface area contributed by atoms with Crippen molar-refractivity contribution in [2.75, 3.05) is 27.3 Å². The summed E-state index contributed by atoms with van der Waals surface area (Å²) < 4.78 is 10.9. The number of rotatable bonds is 5. The van der Waals surface area contributed by atoms with E-state index < -0.39 is 0 Å². The van der Waals surface area contributed by atoms with Gasteiger partial charge in [-0.1, -0.05) is 36.4 Å². The second-order valence-corrected chi connectivity index (χ2v) is 7.28. The Balaban J connectivity index is 1.59. The van der Waals surface area contributed by atoms with E-state index in [-0.39, 0.29) is 5.91 Å². The van der Waals surface area contributed by atoms with Crippen LogP contribution in [0.2, 0.25) is 0 Å². The summed E-state index contributed by atoms with van der Waals surface area (Å²) in [6, 6.07) is 11.9. The molecule has 0 unspecified atom stereocenters. The molecule has 1 amide bonds. The van der Waals surface area contributed by atoms with Gasteiger partial charge in [-0.25, -0.2) is 0 Å². The van der Waals surface area contributed by atoms with Gasteiger partial charge in [0.25, 0.3) is 5.91 Å². The molecular formula is C25H26N2O3. The lowest BCUT2D eigenvalue weighted by Gasteiger charge is -2.27. The number of carbonyl (C=O) groups excluding carboxylic acids is 1. The first-order valence-electron chi connectivity index (χ1n) is 10.1. The zero-order valence-corrected chi connectivity index (χ0v) is 17.6. The zero-order valence-electron chi connectivity index (χ0n) is 17.6. The largest absolute Gasteiger partial charge is 0.493 e. The highest BCUT2D eigenvalue weighted by Crippen LogP contribution is 2.35. The van der Waals surface area contributed by atoms with Crippen LogP contribution in [0.4, 0.5) is 0 Å². The third-order valence-corrected chi connectivity index (χ3v) is 5.53. The maximum Gasteiger partial charge on any atom is 0.254 e. The second kappa shape index (κ2) is 8.49. The Hall–Kier alpha value is -3.47. The van der Waals surface area contributed by atoms with Crippen LogP contribution in [0.15, 0.2) is 54.7 Å². The number of aromatic amines is 1.